The second kappa shape index (κ2) is 6.25. The van der Waals surface area contributed by atoms with Crippen molar-refractivity contribution in [2.45, 2.75) is 6.54 Å². The van der Waals surface area contributed by atoms with Crippen molar-refractivity contribution in [3.63, 3.8) is 0 Å². The molecule has 1 heterocycles. The molecule has 1 amide bonds. The van der Waals surface area contributed by atoms with Crippen molar-refractivity contribution in [1.29, 1.82) is 0 Å². The molecule has 2 aromatic rings. The first-order chi connectivity index (χ1) is 10.5. The van der Waals surface area contributed by atoms with Gasteiger partial charge in [0.2, 0.25) is 0 Å². The van der Waals surface area contributed by atoms with Crippen LogP contribution in [0.4, 0.5) is 11.6 Å². The van der Waals surface area contributed by atoms with Gasteiger partial charge in [-0.25, -0.2) is 5.43 Å². The summed E-state index contributed by atoms with van der Waals surface area (Å²) < 4.78 is 0. The summed E-state index contributed by atoms with van der Waals surface area (Å²) >= 11 is 0. The summed E-state index contributed by atoms with van der Waals surface area (Å²) in [6.07, 6.45) is 1.07. The van der Waals surface area contributed by atoms with E-state index in [0.717, 1.165) is 29.2 Å². The zero-order chi connectivity index (χ0) is 16.1. The van der Waals surface area contributed by atoms with E-state index in [2.05, 4.69) is 25.9 Å². The van der Waals surface area contributed by atoms with Crippen LogP contribution in [0.5, 0.6) is 5.75 Å². The number of benzene rings is 1. The number of aromatic hydroxyl groups is 1. The number of nitrogen functional groups attached to an aromatic ring is 1. The molecule has 22 heavy (non-hydrogen) atoms. The van der Waals surface area contributed by atoms with Gasteiger partial charge in [0.25, 0.3) is 17.5 Å². The Balaban J connectivity index is 1.98. The molecule has 0 fully saturated rings. The van der Waals surface area contributed by atoms with Crippen molar-refractivity contribution >= 4 is 23.8 Å². The zero-order valence-corrected chi connectivity index (χ0v) is 10.9. The Morgan fingerprint density at radius 2 is 2.36 bits per heavy atom. The van der Waals surface area contributed by atoms with Crippen molar-refractivity contribution < 1.29 is 14.8 Å². The molecule has 12 nitrogen and oxygen atoms in total. The number of hydrogen-bond acceptors (Lipinski definition) is 9. The van der Waals surface area contributed by atoms with Gasteiger partial charge in [0.15, 0.2) is 0 Å². The third kappa shape index (κ3) is 3.72. The topological polar surface area (TPSA) is 174 Å². The van der Waals surface area contributed by atoms with E-state index in [1.807, 2.05) is 0 Å². The quantitative estimate of drug-likeness (QED) is 0.358. The second-order valence-electron chi connectivity index (χ2n) is 3.97. The van der Waals surface area contributed by atoms with Crippen molar-refractivity contribution in [3.8, 4) is 5.75 Å². The van der Waals surface area contributed by atoms with Crippen molar-refractivity contribution in [2.75, 3.05) is 5.73 Å². The number of aromatic nitrogens is 4. The van der Waals surface area contributed by atoms with Crippen LogP contribution in [0.25, 0.3) is 0 Å². The Kier molecular flexibility index (Phi) is 4.22. The molecule has 0 aliphatic carbocycles. The van der Waals surface area contributed by atoms with E-state index in [9.17, 15) is 20.0 Å². The summed E-state index contributed by atoms with van der Waals surface area (Å²) in [6, 6.07) is 3.42. The van der Waals surface area contributed by atoms with E-state index in [4.69, 9.17) is 5.73 Å². The molecular weight excluding hydrogens is 296 g/mol. The normalized spacial score (nSPS) is 10.7. The molecule has 4 N–H and O–H groups in total. The fraction of sp³-hybridized carbons (Fsp3) is 0.100. The highest BCUT2D eigenvalue weighted by atomic mass is 16.6. The SMILES string of the molecule is Nc1nnn(CC(=O)NN=Cc2cc([N+](=O)[O-])ccc2O)n1. The molecular formula is C10H10N8O4. The van der Waals surface area contributed by atoms with Crippen molar-refractivity contribution in [1.82, 2.24) is 25.6 Å². The molecule has 12 heteroatoms. The molecule has 0 atom stereocenters. The molecule has 0 bridgehead atoms. The number of non-ortho nitro benzene ring substituents is 1. The number of phenols is 1. The van der Waals surface area contributed by atoms with Gasteiger partial charge in [0.05, 0.1) is 11.1 Å². The highest BCUT2D eigenvalue weighted by molar-refractivity contribution is 5.85. The standard InChI is InChI=1S/C10H10N8O4/c11-10-14-16-17(15-10)5-9(20)13-12-4-6-3-7(18(21)22)1-2-8(6)19/h1-4,19H,5H2,(H2,11,15)(H,13,20). The van der Waals surface area contributed by atoms with Gasteiger partial charge in [-0.2, -0.15) is 9.90 Å². The minimum absolute atomic E-state index is 0.0715. The second-order valence-corrected chi connectivity index (χ2v) is 3.97. The molecule has 0 saturated carbocycles. The molecule has 0 spiro atoms. The first-order valence-corrected chi connectivity index (χ1v) is 5.78. The number of anilines is 1. The van der Waals surface area contributed by atoms with Gasteiger partial charge in [-0.3, -0.25) is 14.9 Å². The number of nitrogens with two attached hydrogens (primary N) is 1. The smallest absolute Gasteiger partial charge is 0.270 e. The Morgan fingerprint density at radius 3 is 3.00 bits per heavy atom. The van der Waals surface area contributed by atoms with Crippen LogP contribution in [0.1, 0.15) is 5.56 Å². The zero-order valence-electron chi connectivity index (χ0n) is 10.9. The molecule has 0 saturated heterocycles. The Bertz CT molecular complexity index is 740. The molecule has 0 radical (unpaired) electrons. The first kappa shape index (κ1) is 14.8. The molecule has 1 aromatic heterocycles. The Morgan fingerprint density at radius 1 is 1.59 bits per heavy atom. The van der Waals surface area contributed by atoms with Crippen molar-refractivity contribution in [3.05, 3.63) is 33.9 Å². The average molecular weight is 306 g/mol. The number of amides is 1. The number of tetrazole rings is 1. The van der Waals surface area contributed by atoms with Gasteiger partial charge in [0, 0.05) is 17.7 Å². The summed E-state index contributed by atoms with van der Waals surface area (Å²) in [5.41, 5.74) is 7.25. The number of nitrogens with zero attached hydrogens (tertiary/aromatic N) is 6. The number of hydrogen-bond donors (Lipinski definition) is 3. The lowest BCUT2D eigenvalue weighted by Gasteiger charge is -2.00. The largest absolute Gasteiger partial charge is 0.507 e. The number of phenolic OH excluding ortho intramolecular Hbond substituents is 1. The number of nitrogens with one attached hydrogen (secondary N) is 1. The fourth-order valence-corrected chi connectivity index (χ4v) is 1.42. The van der Waals surface area contributed by atoms with E-state index >= 15 is 0 Å². The maximum Gasteiger partial charge on any atom is 0.270 e. The number of nitro groups is 1. The number of rotatable bonds is 5. The van der Waals surface area contributed by atoms with Crippen LogP contribution >= 0.6 is 0 Å². The Hall–Kier alpha value is -3.57. The summed E-state index contributed by atoms with van der Waals surface area (Å²) in [7, 11) is 0. The van der Waals surface area contributed by atoms with E-state index in [0.29, 0.717) is 0 Å². The van der Waals surface area contributed by atoms with Gasteiger partial charge in [-0.15, -0.1) is 5.10 Å². The molecule has 0 unspecified atom stereocenters. The minimum atomic E-state index is -0.615. The van der Waals surface area contributed by atoms with Gasteiger partial charge in [-0.05, 0) is 11.3 Å². The third-order valence-electron chi connectivity index (χ3n) is 2.37. The lowest BCUT2D eigenvalue weighted by atomic mass is 10.2. The summed E-state index contributed by atoms with van der Waals surface area (Å²) in [4.78, 5) is 22.5. The van der Waals surface area contributed by atoms with Gasteiger partial charge < -0.3 is 10.8 Å². The first-order valence-electron chi connectivity index (χ1n) is 5.78. The maximum atomic E-state index is 11.5. The van der Waals surface area contributed by atoms with Crippen LogP contribution in [0.3, 0.4) is 0 Å². The van der Waals surface area contributed by atoms with Crippen molar-refractivity contribution in [2.24, 2.45) is 5.10 Å². The highest BCUT2D eigenvalue weighted by Gasteiger charge is 2.09. The number of hydrazone groups is 1. The summed E-state index contributed by atoms with van der Waals surface area (Å²) in [5, 5.41) is 34.2. The van der Waals surface area contributed by atoms with E-state index in [-0.39, 0.29) is 29.5 Å². The Labute approximate surface area is 122 Å². The van der Waals surface area contributed by atoms with Gasteiger partial charge in [0.1, 0.15) is 12.3 Å². The van der Waals surface area contributed by atoms with Crippen LogP contribution in [-0.2, 0) is 11.3 Å². The van der Waals surface area contributed by atoms with Crippen LogP contribution in [0.2, 0.25) is 0 Å². The van der Waals surface area contributed by atoms with Crippen LogP contribution in [0, 0.1) is 10.1 Å². The van der Waals surface area contributed by atoms with Gasteiger partial charge >= 0.3 is 0 Å². The molecule has 114 valence electrons. The maximum absolute atomic E-state index is 11.5. The van der Waals surface area contributed by atoms with Gasteiger partial charge in [-0.1, -0.05) is 5.10 Å². The predicted octanol–water partition coefficient (Wildman–Crippen LogP) is -0.981. The molecule has 0 aliphatic rings. The predicted molar refractivity (Wildman–Crippen MR) is 72.7 cm³/mol. The minimum Gasteiger partial charge on any atom is -0.507 e. The molecule has 1 aromatic carbocycles. The average Bonchev–Trinajstić information content (AvgIpc) is 2.85. The lowest BCUT2D eigenvalue weighted by Crippen LogP contribution is -2.24. The number of nitro benzene ring substituents is 1. The monoisotopic (exact) mass is 306 g/mol. The fourth-order valence-electron chi connectivity index (χ4n) is 1.42. The van der Waals surface area contributed by atoms with E-state index in [1.54, 1.807) is 0 Å². The number of carbonyl (C=O) groups is 1. The summed E-state index contributed by atoms with van der Waals surface area (Å²) in [5.74, 6) is -0.856. The van der Waals surface area contributed by atoms with E-state index < -0.39 is 10.8 Å². The van der Waals surface area contributed by atoms with E-state index in [1.165, 1.54) is 0 Å². The lowest BCUT2D eigenvalue weighted by molar-refractivity contribution is -0.384. The van der Waals surface area contributed by atoms with Crippen LogP contribution in [-0.4, -0.2) is 42.4 Å². The molecule has 0 aliphatic heterocycles. The highest BCUT2D eigenvalue weighted by Crippen LogP contribution is 2.21. The van der Waals surface area contributed by atoms with Crippen LogP contribution in [0.15, 0.2) is 23.3 Å². The molecule has 2 rings (SSSR count). The van der Waals surface area contributed by atoms with Crippen LogP contribution < -0.4 is 11.2 Å². The summed E-state index contributed by atoms with van der Waals surface area (Å²) in [6.45, 7) is -0.261. The number of carbonyl (C=O) groups excluding carboxylic acids is 1. The third-order valence-corrected chi connectivity index (χ3v) is 2.37.